The third-order valence-corrected chi connectivity index (χ3v) is 3.43. The van der Waals surface area contributed by atoms with Gasteiger partial charge in [-0.3, -0.25) is 0 Å². The predicted octanol–water partition coefficient (Wildman–Crippen LogP) is 3.59. The predicted molar refractivity (Wildman–Crippen MR) is 79.9 cm³/mol. The van der Waals surface area contributed by atoms with Gasteiger partial charge in [0, 0.05) is 17.7 Å². The van der Waals surface area contributed by atoms with Crippen LogP contribution in [0, 0.1) is 12.7 Å². The first-order valence-corrected chi connectivity index (χ1v) is 7.23. The van der Waals surface area contributed by atoms with Gasteiger partial charge >= 0.3 is 0 Å². The van der Waals surface area contributed by atoms with Gasteiger partial charge in [0.2, 0.25) is 0 Å². The smallest absolute Gasteiger partial charge is 0.132 e. The third kappa shape index (κ3) is 3.67. The normalized spacial score (nSPS) is 10.9. The molecule has 0 aliphatic heterocycles. The van der Waals surface area contributed by atoms with E-state index < -0.39 is 0 Å². The van der Waals surface area contributed by atoms with E-state index in [0.29, 0.717) is 5.56 Å². The van der Waals surface area contributed by atoms with Gasteiger partial charge in [0.1, 0.15) is 11.6 Å². The number of hydrogen-bond acceptors (Lipinski definition) is 2. The SMILES string of the molecule is Cc1[nH]c(CCCCCCN)nc1-c1ccccc1F. The molecule has 0 amide bonds. The summed E-state index contributed by atoms with van der Waals surface area (Å²) in [5.74, 6) is 0.713. The molecule has 0 fully saturated rings. The molecule has 0 saturated carbocycles. The number of aryl methyl sites for hydroxylation is 2. The van der Waals surface area contributed by atoms with Crippen LogP contribution in [0.3, 0.4) is 0 Å². The van der Waals surface area contributed by atoms with Gasteiger partial charge in [-0.25, -0.2) is 9.37 Å². The second-order valence-corrected chi connectivity index (χ2v) is 5.09. The van der Waals surface area contributed by atoms with E-state index in [9.17, 15) is 4.39 Å². The molecule has 0 radical (unpaired) electrons. The largest absolute Gasteiger partial charge is 0.346 e. The molecule has 0 atom stereocenters. The first-order chi connectivity index (χ1) is 9.72. The number of unbranched alkanes of at least 4 members (excludes halogenated alkanes) is 3. The second kappa shape index (κ2) is 7.20. The number of hydrogen-bond donors (Lipinski definition) is 2. The minimum Gasteiger partial charge on any atom is -0.346 e. The van der Waals surface area contributed by atoms with Gasteiger partial charge in [-0.15, -0.1) is 0 Å². The number of H-pyrrole nitrogens is 1. The van der Waals surface area contributed by atoms with Crippen LogP contribution in [0.1, 0.15) is 37.2 Å². The Balaban J connectivity index is 2.01. The van der Waals surface area contributed by atoms with Crippen molar-refractivity contribution in [1.29, 1.82) is 0 Å². The number of benzene rings is 1. The molecule has 108 valence electrons. The molecule has 0 bridgehead atoms. The first-order valence-electron chi connectivity index (χ1n) is 7.23. The van der Waals surface area contributed by atoms with Gasteiger partial charge in [0.25, 0.3) is 0 Å². The number of aromatic amines is 1. The van der Waals surface area contributed by atoms with Crippen LogP contribution in [-0.4, -0.2) is 16.5 Å². The fourth-order valence-corrected chi connectivity index (χ4v) is 2.35. The Morgan fingerprint density at radius 2 is 1.90 bits per heavy atom. The highest BCUT2D eigenvalue weighted by molar-refractivity contribution is 5.62. The van der Waals surface area contributed by atoms with Crippen molar-refractivity contribution in [2.24, 2.45) is 5.73 Å². The number of imidazole rings is 1. The summed E-state index contributed by atoms with van der Waals surface area (Å²) in [4.78, 5) is 7.80. The molecule has 2 rings (SSSR count). The highest BCUT2D eigenvalue weighted by Crippen LogP contribution is 2.24. The lowest BCUT2D eigenvalue weighted by Gasteiger charge is -1.99. The molecule has 3 N–H and O–H groups in total. The van der Waals surface area contributed by atoms with E-state index in [1.54, 1.807) is 12.1 Å². The molecule has 1 aromatic heterocycles. The zero-order valence-electron chi connectivity index (χ0n) is 12.0. The summed E-state index contributed by atoms with van der Waals surface area (Å²) in [5, 5.41) is 0. The highest BCUT2D eigenvalue weighted by atomic mass is 19.1. The standard InChI is InChI=1S/C16H22FN3/c1-12-16(13-8-5-6-9-14(13)17)20-15(19-12)10-4-2-3-7-11-18/h5-6,8-9H,2-4,7,10-11,18H2,1H3,(H,19,20). The van der Waals surface area contributed by atoms with Crippen LogP contribution in [0.5, 0.6) is 0 Å². The van der Waals surface area contributed by atoms with Crippen LogP contribution < -0.4 is 5.73 Å². The second-order valence-electron chi connectivity index (χ2n) is 5.09. The summed E-state index contributed by atoms with van der Waals surface area (Å²) in [6.45, 7) is 2.70. The van der Waals surface area contributed by atoms with Crippen molar-refractivity contribution in [2.45, 2.75) is 39.0 Å². The molecule has 20 heavy (non-hydrogen) atoms. The van der Waals surface area contributed by atoms with E-state index in [2.05, 4.69) is 9.97 Å². The number of nitrogens with zero attached hydrogens (tertiary/aromatic N) is 1. The highest BCUT2D eigenvalue weighted by Gasteiger charge is 2.12. The van der Waals surface area contributed by atoms with E-state index in [1.807, 2.05) is 13.0 Å². The Hall–Kier alpha value is -1.68. The zero-order chi connectivity index (χ0) is 14.4. The van der Waals surface area contributed by atoms with Crippen molar-refractivity contribution in [2.75, 3.05) is 6.54 Å². The topological polar surface area (TPSA) is 54.7 Å². The van der Waals surface area contributed by atoms with Crippen LogP contribution in [0.2, 0.25) is 0 Å². The summed E-state index contributed by atoms with van der Waals surface area (Å²) in [5.41, 5.74) is 7.68. The number of nitrogens with two attached hydrogens (primary N) is 1. The van der Waals surface area contributed by atoms with Crippen LogP contribution in [0.25, 0.3) is 11.3 Å². The molecule has 1 heterocycles. The molecule has 0 spiro atoms. The van der Waals surface area contributed by atoms with Gasteiger partial charge in [-0.2, -0.15) is 0 Å². The van der Waals surface area contributed by atoms with E-state index in [0.717, 1.165) is 55.9 Å². The minimum absolute atomic E-state index is 0.225. The lowest BCUT2D eigenvalue weighted by atomic mass is 10.1. The molecule has 0 aliphatic rings. The Kier molecular flexibility index (Phi) is 5.30. The van der Waals surface area contributed by atoms with Crippen molar-refractivity contribution in [3.05, 3.63) is 41.6 Å². The molecule has 1 aromatic carbocycles. The lowest BCUT2D eigenvalue weighted by molar-refractivity contribution is 0.630. The Bertz CT molecular complexity index is 548. The third-order valence-electron chi connectivity index (χ3n) is 3.43. The summed E-state index contributed by atoms with van der Waals surface area (Å²) < 4.78 is 13.8. The van der Waals surface area contributed by atoms with Gasteiger partial charge < -0.3 is 10.7 Å². The molecule has 3 nitrogen and oxygen atoms in total. The monoisotopic (exact) mass is 275 g/mol. The van der Waals surface area contributed by atoms with E-state index in [1.165, 1.54) is 6.07 Å². The van der Waals surface area contributed by atoms with E-state index in [-0.39, 0.29) is 5.82 Å². The number of aromatic nitrogens is 2. The van der Waals surface area contributed by atoms with E-state index >= 15 is 0 Å². The average Bonchev–Trinajstić information content (AvgIpc) is 2.80. The van der Waals surface area contributed by atoms with Crippen molar-refractivity contribution in [3.8, 4) is 11.3 Å². The Morgan fingerprint density at radius 1 is 1.15 bits per heavy atom. The van der Waals surface area contributed by atoms with Gasteiger partial charge in [0.05, 0.1) is 5.69 Å². The minimum atomic E-state index is -0.225. The van der Waals surface area contributed by atoms with Crippen molar-refractivity contribution in [1.82, 2.24) is 9.97 Å². The first kappa shape index (κ1) is 14.7. The van der Waals surface area contributed by atoms with Gasteiger partial charge in [0.15, 0.2) is 0 Å². The molecule has 0 unspecified atom stereocenters. The van der Waals surface area contributed by atoms with Crippen molar-refractivity contribution >= 4 is 0 Å². The number of rotatable bonds is 7. The summed E-state index contributed by atoms with van der Waals surface area (Å²) in [6.07, 6.45) is 5.39. The fourth-order valence-electron chi connectivity index (χ4n) is 2.35. The van der Waals surface area contributed by atoms with E-state index in [4.69, 9.17) is 5.73 Å². The maximum atomic E-state index is 13.8. The molecule has 2 aromatic rings. The summed E-state index contributed by atoms with van der Waals surface area (Å²) >= 11 is 0. The summed E-state index contributed by atoms with van der Waals surface area (Å²) in [7, 11) is 0. The fraction of sp³-hybridized carbons (Fsp3) is 0.438. The van der Waals surface area contributed by atoms with Crippen LogP contribution in [-0.2, 0) is 6.42 Å². The molecular formula is C16H22FN3. The average molecular weight is 275 g/mol. The van der Waals surface area contributed by atoms with Crippen LogP contribution in [0.4, 0.5) is 4.39 Å². The lowest BCUT2D eigenvalue weighted by Crippen LogP contribution is -1.98. The van der Waals surface area contributed by atoms with Gasteiger partial charge in [-0.1, -0.05) is 25.0 Å². The molecule has 4 heteroatoms. The Labute approximate surface area is 119 Å². The van der Waals surface area contributed by atoms with Crippen LogP contribution in [0.15, 0.2) is 24.3 Å². The molecule has 0 aliphatic carbocycles. The Morgan fingerprint density at radius 3 is 2.65 bits per heavy atom. The quantitative estimate of drug-likeness (QED) is 0.759. The van der Waals surface area contributed by atoms with Crippen molar-refractivity contribution in [3.63, 3.8) is 0 Å². The maximum Gasteiger partial charge on any atom is 0.132 e. The summed E-state index contributed by atoms with van der Waals surface area (Å²) in [6, 6.07) is 6.76. The number of nitrogens with one attached hydrogen (secondary N) is 1. The molecule has 0 saturated heterocycles. The maximum absolute atomic E-state index is 13.8. The molecular weight excluding hydrogens is 253 g/mol. The van der Waals surface area contributed by atoms with Crippen LogP contribution >= 0.6 is 0 Å². The number of halogens is 1. The van der Waals surface area contributed by atoms with Crippen molar-refractivity contribution < 1.29 is 4.39 Å². The zero-order valence-corrected chi connectivity index (χ0v) is 12.0. The van der Waals surface area contributed by atoms with Gasteiger partial charge in [-0.05, 0) is 38.4 Å².